The summed E-state index contributed by atoms with van der Waals surface area (Å²) in [4.78, 5) is 0. The van der Waals surface area contributed by atoms with E-state index in [2.05, 4.69) is 29.6 Å². The molecule has 0 aliphatic carbocycles. The van der Waals surface area contributed by atoms with E-state index in [1.165, 1.54) is 0 Å². The van der Waals surface area contributed by atoms with Crippen LogP contribution in [0.4, 0.5) is 0 Å². The van der Waals surface area contributed by atoms with Gasteiger partial charge in [-0.1, -0.05) is 74.5 Å². The van der Waals surface area contributed by atoms with Gasteiger partial charge in [0.15, 0.2) is 0 Å². The fourth-order valence-corrected chi connectivity index (χ4v) is 2.35. The lowest BCUT2D eigenvalue weighted by molar-refractivity contribution is 0.0251. The van der Waals surface area contributed by atoms with E-state index in [1.54, 1.807) is 0 Å². The third-order valence-electron chi connectivity index (χ3n) is 3.79. The molecule has 1 unspecified atom stereocenters. The second-order valence-corrected chi connectivity index (χ2v) is 5.82. The van der Waals surface area contributed by atoms with Gasteiger partial charge in [0, 0.05) is 5.54 Å². The monoisotopic (exact) mass is 315 g/mol. The van der Waals surface area contributed by atoms with Crippen LogP contribution in [0.2, 0.25) is 0 Å². The summed E-state index contributed by atoms with van der Waals surface area (Å²) < 4.78 is 0. The molecule has 0 aliphatic heterocycles. The van der Waals surface area contributed by atoms with Crippen molar-refractivity contribution in [2.24, 2.45) is 0 Å². The van der Waals surface area contributed by atoms with Gasteiger partial charge in [-0.3, -0.25) is 5.32 Å². The lowest BCUT2D eigenvalue weighted by atomic mass is 9.91. The van der Waals surface area contributed by atoms with Gasteiger partial charge in [0.05, 0.1) is 18.8 Å². The molecule has 126 valence electrons. The van der Waals surface area contributed by atoms with Crippen LogP contribution in [0.15, 0.2) is 60.7 Å². The summed E-state index contributed by atoms with van der Waals surface area (Å²) in [7, 11) is 0. The molecule has 2 aromatic carbocycles. The number of benzene rings is 2. The van der Waals surface area contributed by atoms with Crippen LogP contribution in [-0.4, -0.2) is 28.5 Å². The lowest BCUT2D eigenvalue weighted by Crippen LogP contribution is -2.52. The molecule has 0 saturated carbocycles. The number of aliphatic hydroxyl groups is 2. The predicted molar refractivity (Wildman–Crippen MR) is 96.4 cm³/mol. The van der Waals surface area contributed by atoms with Crippen LogP contribution in [0, 0.1) is 0 Å². The highest BCUT2D eigenvalue weighted by Gasteiger charge is 2.30. The molecule has 1 atom stereocenters. The zero-order chi connectivity index (χ0) is 17.3. The first kappa shape index (κ1) is 19.4. The van der Waals surface area contributed by atoms with E-state index in [-0.39, 0.29) is 12.6 Å². The van der Waals surface area contributed by atoms with Crippen molar-refractivity contribution in [2.75, 3.05) is 6.61 Å². The van der Waals surface area contributed by atoms with Gasteiger partial charge in [-0.2, -0.15) is 0 Å². The van der Waals surface area contributed by atoms with Crippen molar-refractivity contribution in [1.82, 2.24) is 5.32 Å². The van der Waals surface area contributed by atoms with Crippen LogP contribution in [0.25, 0.3) is 0 Å². The van der Waals surface area contributed by atoms with E-state index >= 15 is 0 Å². The van der Waals surface area contributed by atoms with Crippen LogP contribution >= 0.6 is 0 Å². The Morgan fingerprint density at radius 1 is 0.870 bits per heavy atom. The second kappa shape index (κ2) is 9.46. The van der Waals surface area contributed by atoms with E-state index in [9.17, 15) is 10.2 Å². The van der Waals surface area contributed by atoms with Gasteiger partial charge in [-0.25, -0.2) is 0 Å². The highest BCUT2D eigenvalue weighted by Crippen LogP contribution is 2.25. The van der Waals surface area contributed by atoms with Crippen molar-refractivity contribution in [3.8, 4) is 0 Å². The number of rotatable bonds is 6. The second-order valence-electron chi connectivity index (χ2n) is 5.82. The van der Waals surface area contributed by atoms with Crippen molar-refractivity contribution in [1.29, 1.82) is 0 Å². The Balaban J connectivity index is 0.00000127. The molecule has 0 aliphatic rings. The molecule has 2 aromatic rings. The van der Waals surface area contributed by atoms with E-state index in [0.29, 0.717) is 0 Å². The fourth-order valence-electron chi connectivity index (χ4n) is 2.35. The number of hydrogen-bond acceptors (Lipinski definition) is 3. The van der Waals surface area contributed by atoms with Gasteiger partial charge < -0.3 is 10.2 Å². The van der Waals surface area contributed by atoms with Gasteiger partial charge in [0.25, 0.3) is 0 Å². The van der Waals surface area contributed by atoms with Crippen LogP contribution in [0.1, 0.15) is 44.9 Å². The summed E-state index contributed by atoms with van der Waals surface area (Å²) in [5.74, 6) is 0. The standard InChI is InChI=1S/C18H23NO2.C2H6/c1-18(2,16(21)13-20)19-17(14-9-5-3-6-10-14)15-11-7-4-8-12-15;1-2/h3-12,16-17,19-21H,13H2,1-2H3;1-2H3. The first-order valence-electron chi connectivity index (χ1n) is 8.21. The molecule has 3 N–H and O–H groups in total. The number of hydrogen-bond donors (Lipinski definition) is 3. The van der Waals surface area contributed by atoms with Gasteiger partial charge in [0.1, 0.15) is 0 Å². The third-order valence-corrected chi connectivity index (χ3v) is 3.79. The first-order chi connectivity index (χ1) is 11.0. The molecule has 3 heteroatoms. The number of aliphatic hydroxyl groups excluding tert-OH is 2. The Morgan fingerprint density at radius 2 is 1.26 bits per heavy atom. The SMILES string of the molecule is CC.CC(C)(NC(c1ccccc1)c1ccccc1)C(O)CO. The molecule has 0 radical (unpaired) electrons. The molecule has 0 bridgehead atoms. The minimum atomic E-state index is -0.826. The van der Waals surface area contributed by atoms with Crippen LogP contribution in [-0.2, 0) is 0 Å². The van der Waals surface area contributed by atoms with Crippen molar-refractivity contribution in [2.45, 2.75) is 45.4 Å². The van der Waals surface area contributed by atoms with Crippen molar-refractivity contribution >= 4 is 0 Å². The fraction of sp³-hybridized carbons (Fsp3) is 0.400. The zero-order valence-electron chi connectivity index (χ0n) is 14.5. The van der Waals surface area contributed by atoms with Crippen LogP contribution in [0.3, 0.4) is 0 Å². The molecule has 0 amide bonds. The lowest BCUT2D eigenvalue weighted by Gasteiger charge is -2.35. The molecule has 0 spiro atoms. The maximum Gasteiger partial charge on any atom is 0.0946 e. The Bertz CT molecular complexity index is 501. The van der Waals surface area contributed by atoms with Crippen molar-refractivity contribution in [3.63, 3.8) is 0 Å². The minimum absolute atomic E-state index is 0.0383. The number of nitrogens with one attached hydrogen (secondary N) is 1. The van der Waals surface area contributed by atoms with E-state index in [0.717, 1.165) is 11.1 Å². The summed E-state index contributed by atoms with van der Waals surface area (Å²) in [5.41, 5.74) is 1.65. The van der Waals surface area contributed by atoms with Crippen LogP contribution in [0.5, 0.6) is 0 Å². The Kier molecular flexibility index (Phi) is 7.96. The summed E-state index contributed by atoms with van der Waals surface area (Å²) in [6.45, 7) is 7.52. The van der Waals surface area contributed by atoms with E-state index in [1.807, 2.05) is 64.1 Å². The van der Waals surface area contributed by atoms with Crippen LogP contribution < -0.4 is 5.32 Å². The highest BCUT2D eigenvalue weighted by atomic mass is 16.3. The smallest absolute Gasteiger partial charge is 0.0946 e. The average molecular weight is 315 g/mol. The van der Waals surface area contributed by atoms with Crippen molar-refractivity contribution in [3.05, 3.63) is 71.8 Å². The molecular weight excluding hydrogens is 286 g/mol. The Hall–Kier alpha value is -1.68. The quantitative estimate of drug-likeness (QED) is 0.764. The van der Waals surface area contributed by atoms with E-state index < -0.39 is 11.6 Å². The largest absolute Gasteiger partial charge is 0.394 e. The highest BCUT2D eigenvalue weighted by molar-refractivity contribution is 5.32. The predicted octanol–water partition coefficient (Wildman–Crippen LogP) is 3.52. The van der Waals surface area contributed by atoms with Gasteiger partial charge in [-0.15, -0.1) is 0 Å². The van der Waals surface area contributed by atoms with Crippen molar-refractivity contribution < 1.29 is 10.2 Å². The average Bonchev–Trinajstić information content (AvgIpc) is 2.62. The molecule has 0 heterocycles. The Labute approximate surface area is 140 Å². The molecule has 3 nitrogen and oxygen atoms in total. The molecule has 2 rings (SSSR count). The Morgan fingerprint density at radius 3 is 1.61 bits per heavy atom. The molecule has 23 heavy (non-hydrogen) atoms. The summed E-state index contributed by atoms with van der Waals surface area (Å²) >= 11 is 0. The van der Waals surface area contributed by atoms with Gasteiger partial charge in [0.2, 0.25) is 0 Å². The molecular formula is C20H29NO2. The summed E-state index contributed by atoms with van der Waals surface area (Å²) in [5, 5.41) is 22.7. The summed E-state index contributed by atoms with van der Waals surface area (Å²) in [6.07, 6.45) is -0.826. The minimum Gasteiger partial charge on any atom is -0.394 e. The normalized spacial score (nSPS) is 12.5. The van der Waals surface area contributed by atoms with E-state index in [4.69, 9.17) is 0 Å². The molecule has 0 saturated heterocycles. The van der Waals surface area contributed by atoms with Gasteiger partial charge >= 0.3 is 0 Å². The molecule has 0 fully saturated rings. The topological polar surface area (TPSA) is 52.5 Å². The summed E-state index contributed by atoms with van der Waals surface area (Å²) in [6, 6.07) is 20.2. The maximum absolute atomic E-state index is 10.0. The first-order valence-corrected chi connectivity index (χ1v) is 8.21. The third kappa shape index (κ3) is 5.47. The zero-order valence-corrected chi connectivity index (χ0v) is 14.5. The maximum atomic E-state index is 10.0. The molecule has 0 aromatic heterocycles. The van der Waals surface area contributed by atoms with Gasteiger partial charge in [-0.05, 0) is 25.0 Å².